The van der Waals surface area contributed by atoms with Crippen molar-refractivity contribution in [2.24, 2.45) is 0 Å². The van der Waals surface area contributed by atoms with Crippen molar-refractivity contribution >= 4 is 5.91 Å². The van der Waals surface area contributed by atoms with Gasteiger partial charge in [0.15, 0.2) is 0 Å². The minimum atomic E-state index is -4.61. The lowest BCUT2D eigenvalue weighted by molar-refractivity contribution is -0.141. The molecule has 1 amide bonds. The molecule has 1 atom stereocenters. The summed E-state index contributed by atoms with van der Waals surface area (Å²) in [7, 11) is 0. The molecule has 1 N–H and O–H groups in total. The van der Waals surface area contributed by atoms with Gasteiger partial charge in [-0.1, -0.05) is 6.07 Å². The van der Waals surface area contributed by atoms with Gasteiger partial charge >= 0.3 is 12.4 Å². The van der Waals surface area contributed by atoms with E-state index in [0.29, 0.717) is 18.4 Å². The molecule has 2 aromatic heterocycles. The molecule has 0 unspecified atom stereocenters. The van der Waals surface area contributed by atoms with Crippen LogP contribution in [0.15, 0.2) is 54.9 Å². The lowest BCUT2D eigenvalue weighted by atomic mass is 9.87. The average molecular weight is 465 g/mol. The molecule has 0 radical (unpaired) electrons. The topological polar surface area (TPSA) is 54.9 Å². The summed E-state index contributed by atoms with van der Waals surface area (Å²) in [5.41, 5.74) is -0.107. The fourth-order valence-corrected chi connectivity index (χ4v) is 3.82. The number of nitrogens with one attached hydrogen (secondary N) is 1. The normalized spacial score (nSPS) is 16.2. The predicted octanol–water partition coefficient (Wildman–Crippen LogP) is 5.99. The van der Waals surface area contributed by atoms with E-state index in [0.717, 1.165) is 42.4 Å². The van der Waals surface area contributed by atoms with Crippen LogP contribution in [0.2, 0.25) is 0 Å². The van der Waals surface area contributed by atoms with Gasteiger partial charge in [0.2, 0.25) is 0 Å². The fraction of sp³-hybridized carbons (Fsp3) is 0.261. The van der Waals surface area contributed by atoms with Gasteiger partial charge in [0.1, 0.15) is 5.69 Å². The molecule has 0 saturated carbocycles. The molecule has 172 valence electrons. The van der Waals surface area contributed by atoms with Gasteiger partial charge in [0, 0.05) is 23.5 Å². The number of pyridine rings is 2. The van der Waals surface area contributed by atoms with E-state index in [2.05, 4.69) is 15.3 Å². The van der Waals surface area contributed by atoms with Crippen molar-refractivity contribution in [2.75, 3.05) is 0 Å². The van der Waals surface area contributed by atoms with Crippen LogP contribution in [-0.4, -0.2) is 15.9 Å². The van der Waals surface area contributed by atoms with E-state index in [-0.39, 0.29) is 16.8 Å². The maximum Gasteiger partial charge on any atom is 0.433 e. The zero-order valence-electron chi connectivity index (χ0n) is 17.0. The molecule has 1 aliphatic carbocycles. The fourth-order valence-electron chi connectivity index (χ4n) is 3.82. The van der Waals surface area contributed by atoms with Gasteiger partial charge in [0.25, 0.3) is 5.91 Å². The SMILES string of the molecule is O=C(N[C@@H]1CCCc2cnc(-c3ccnc(C(F)(F)F)c3)cc21)c1cccc(C(F)(F)F)c1. The monoisotopic (exact) mass is 465 g/mol. The van der Waals surface area contributed by atoms with E-state index >= 15 is 0 Å². The van der Waals surface area contributed by atoms with E-state index in [4.69, 9.17) is 0 Å². The summed E-state index contributed by atoms with van der Waals surface area (Å²) in [5, 5.41) is 2.76. The molecule has 2 heterocycles. The van der Waals surface area contributed by atoms with Crippen LogP contribution in [0.4, 0.5) is 26.3 Å². The highest BCUT2D eigenvalue weighted by molar-refractivity contribution is 5.94. The predicted molar refractivity (Wildman–Crippen MR) is 107 cm³/mol. The Kier molecular flexibility index (Phi) is 5.85. The maximum absolute atomic E-state index is 13.0. The molecule has 33 heavy (non-hydrogen) atoms. The Hall–Kier alpha value is -3.43. The summed E-state index contributed by atoms with van der Waals surface area (Å²) in [6.45, 7) is 0. The average Bonchev–Trinajstić information content (AvgIpc) is 2.78. The van der Waals surface area contributed by atoms with Gasteiger partial charge in [-0.05, 0) is 66.8 Å². The number of hydrogen-bond acceptors (Lipinski definition) is 3. The summed E-state index contributed by atoms with van der Waals surface area (Å²) in [5.74, 6) is -0.666. The van der Waals surface area contributed by atoms with E-state index in [1.54, 1.807) is 12.3 Å². The minimum absolute atomic E-state index is 0.129. The van der Waals surface area contributed by atoms with Gasteiger partial charge in [0.05, 0.1) is 17.3 Å². The van der Waals surface area contributed by atoms with Crippen LogP contribution in [0.3, 0.4) is 0 Å². The minimum Gasteiger partial charge on any atom is -0.345 e. The standard InChI is InChI=1S/C23H17F6N3O/c24-22(25,26)16-5-1-3-14(9-16)21(33)32-18-6-2-4-15-12-31-19(11-17(15)18)13-7-8-30-20(10-13)23(27,28)29/h1,3,5,7-12,18H,2,4,6H2,(H,32,33)/t18-/m1/s1. The van der Waals surface area contributed by atoms with Crippen molar-refractivity contribution in [3.05, 3.63) is 82.8 Å². The number of aryl methyl sites for hydroxylation is 1. The number of benzene rings is 1. The van der Waals surface area contributed by atoms with Crippen LogP contribution >= 0.6 is 0 Å². The third kappa shape index (κ3) is 4.99. The first-order chi connectivity index (χ1) is 15.5. The van der Waals surface area contributed by atoms with Gasteiger partial charge in [-0.3, -0.25) is 14.8 Å². The number of aromatic nitrogens is 2. The van der Waals surface area contributed by atoms with Gasteiger partial charge in [-0.25, -0.2) is 0 Å². The third-order valence-electron chi connectivity index (χ3n) is 5.44. The van der Waals surface area contributed by atoms with E-state index in [1.165, 1.54) is 12.1 Å². The number of alkyl halides is 6. The van der Waals surface area contributed by atoms with E-state index < -0.39 is 35.6 Å². The van der Waals surface area contributed by atoms with Crippen LogP contribution in [0.25, 0.3) is 11.3 Å². The molecule has 0 fully saturated rings. The molecule has 3 aromatic rings. The Bertz CT molecular complexity index is 1190. The van der Waals surface area contributed by atoms with Crippen LogP contribution in [0, 0.1) is 0 Å². The number of carbonyl (C=O) groups excluding carboxylic acids is 1. The summed E-state index contributed by atoms with van der Waals surface area (Å²) < 4.78 is 78.0. The maximum atomic E-state index is 13.0. The van der Waals surface area contributed by atoms with Gasteiger partial charge < -0.3 is 5.32 Å². The largest absolute Gasteiger partial charge is 0.433 e. The highest BCUT2D eigenvalue weighted by Crippen LogP contribution is 2.35. The first-order valence-electron chi connectivity index (χ1n) is 10.0. The van der Waals surface area contributed by atoms with Crippen molar-refractivity contribution in [3.63, 3.8) is 0 Å². The first-order valence-corrected chi connectivity index (χ1v) is 10.0. The lowest BCUT2D eigenvalue weighted by Crippen LogP contribution is -2.31. The number of rotatable bonds is 3. The Labute approximate surface area is 184 Å². The first kappa shape index (κ1) is 22.8. The molecule has 0 spiro atoms. The van der Waals surface area contributed by atoms with Crippen molar-refractivity contribution in [2.45, 2.75) is 37.7 Å². The number of amides is 1. The summed E-state index contributed by atoms with van der Waals surface area (Å²) in [6.07, 6.45) is -4.66. The molecular formula is C23H17F6N3O. The zero-order chi connectivity index (χ0) is 23.8. The number of carbonyl (C=O) groups is 1. The molecule has 1 aliphatic rings. The molecule has 4 nitrogen and oxygen atoms in total. The van der Waals surface area contributed by atoms with Gasteiger partial charge in [-0.2, -0.15) is 26.3 Å². The van der Waals surface area contributed by atoms with Crippen molar-refractivity contribution in [3.8, 4) is 11.3 Å². The van der Waals surface area contributed by atoms with E-state index in [9.17, 15) is 31.1 Å². The van der Waals surface area contributed by atoms with Crippen LogP contribution in [-0.2, 0) is 18.8 Å². The smallest absolute Gasteiger partial charge is 0.345 e. The highest BCUT2D eigenvalue weighted by Gasteiger charge is 2.33. The quantitative estimate of drug-likeness (QED) is 0.484. The lowest BCUT2D eigenvalue weighted by Gasteiger charge is -2.27. The number of hydrogen-bond donors (Lipinski definition) is 1. The molecule has 1 aromatic carbocycles. The van der Waals surface area contributed by atoms with Crippen molar-refractivity contribution in [1.82, 2.24) is 15.3 Å². The number of halogens is 6. The molecule has 10 heteroatoms. The number of fused-ring (bicyclic) bond motifs is 1. The Morgan fingerprint density at radius 1 is 0.970 bits per heavy atom. The van der Waals surface area contributed by atoms with Crippen LogP contribution in [0.1, 0.15) is 51.6 Å². The van der Waals surface area contributed by atoms with Gasteiger partial charge in [-0.15, -0.1) is 0 Å². The number of nitrogens with zero attached hydrogens (tertiary/aromatic N) is 2. The zero-order valence-corrected chi connectivity index (χ0v) is 17.0. The van der Waals surface area contributed by atoms with E-state index in [1.807, 2.05) is 0 Å². The summed E-state index contributed by atoms with van der Waals surface area (Å²) >= 11 is 0. The second-order valence-corrected chi connectivity index (χ2v) is 7.69. The summed E-state index contributed by atoms with van der Waals surface area (Å²) in [6, 6.07) is 7.53. The highest BCUT2D eigenvalue weighted by atomic mass is 19.4. The Balaban J connectivity index is 1.62. The second kappa shape index (κ2) is 8.49. The summed E-state index contributed by atoms with van der Waals surface area (Å²) in [4.78, 5) is 20.3. The molecule has 0 bridgehead atoms. The molecule has 4 rings (SSSR count). The molecular weight excluding hydrogens is 448 g/mol. The van der Waals surface area contributed by atoms with Crippen LogP contribution in [0.5, 0.6) is 0 Å². The van der Waals surface area contributed by atoms with Crippen molar-refractivity contribution in [1.29, 1.82) is 0 Å². The third-order valence-corrected chi connectivity index (χ3v) is 5.44. The Morgan fingerprint density at radius 2 is 1.76 bits per heavy atom. The molecule has 0 saturated heterocycles. The van der Waals surface area contributed by atoms with Crippen LogP contribution < -0.4 is 5.32 Å². The Morgan fingerprint density at radius 3 is 2.48 bits per heavy atom. The second-order valence-electron chi connectivity index (χ2n) is 7.69. The molecule has 0 aliphatic heterocycles. The van der Waals surface area contributed by atoms with Crippen molar-refractivity contribution < 1.29 is 31.1 Å².